The van der Waals surface area contributed by atoms with Crippen molar-refractivity contribution in [3.05, 3.63) is 40.2 Å². The number of pyridine rings is 1. The molecule has 5 rings (SSSR count). The number of phenolic OH excluding ortho intramolecular Hbond substituents is 1. The highest BCUT2D eigenvalue weighted by molar-refractivity contribution is 5.89. The molecule has 3 aromatic rings. The van der Waals surface area contributed by atoms with Crippen LogP contribution in [0.3, 0.4) is 0 Å². The summed E-state index contributed by atoms with van der Waals surface area (Å²) in [4.78, 5) is 18.8. The lowest BCUT2D eigenvalue weighted by atomic mass is 9.98. The highest BCUT2D eigenvalue weighted by Gasteiger charge is 2.53. The monoisotopic (exact) mass is 474 g/mol. The molecule has 180 valence electrons. The van der Waals surface area contributed by atoms with E-state index in [0.717, 1.165) is 0 Å². The molecule has 2 aliphatic heterocycles. The van der Waals surface area contributed by atoms with Crippen LogP contribution in [-0.4, -0.2) is 56.0 Å². The van der Waals surface area contributed by atoms with Gasteiger partial charge in [0.25, 0.3) is 11.5 Å². The molecule has 0 amide bonds. The lowest BCUT2D eigenvalue weighted by molar-refractivity contribution is -0.0128. The number of phenols is 1. The van der Waals surface area contributed by atoms with Gasteiger partial charge in [-0.05, 0) is 38.8 Å². The van der Waals surface area contributed by atoms with Crippen LogP contribution in [0.1, 0.15) is 31.9 Å². The summed E-state index contributed by atoms with van der Waals surface area (Å²) in [5.41, 5.74) is -0.0503. The molecule has 8 nitrogen and oxygen atoms in total. The zero-order valence-corrected chi connectivity index (χ0v) is 19.0. The molecule has 3 atom stereocenters. The minimum absolute atomic E-state index is 0.0604. The lowest BCUT2D eigenvalue weighted by Crippen LogP contribution is -2.50. The predicted molar refractivity (Wildman–Crippen MR) is 121 cm³/mol. The molecule has 34 heavy (non-hydrogen) atoms. The van der Waals surface area contributed by atoms with Gasteiger partial charge in [0, 0.05) is 37.5 Å². The van der Waals surface area contributed by atoms with E-state index in [2.05, 4.69) is 20.5 Å². The number of hydrogen-bond donors (Lipinski definition) is 2. The molecule has 2 aliphatic rings. The number of alkyl halides is 2. The minimum atomic E-state index is -2.71. The molecule has 1 aromatic carbocycles. The third kappa shape index (κ3) is 3.49. The number of nitrogens with one attached hydrogen (secondary N) is 1. The summed E-state index contributed by atoms with van der Waals surface area (Å²) >= 11 is 0. The van der Waals surface area contributed by atoms with Gasteiger partial charge in [-0.1, -0.05) is 0 Å². The quantitative estimate of drug-likeness (QED) is 0.600. The molecule has 2 fully saturated rings. The third-order valence-electron chi connectivity index (χ3n) is 7.12. The van der Waals surface area contributed by atoms with Gasteiger partial charge >= 0.3 is 0 Å². The minimum Gasteiger partial charge on any atom is -0.507 e. The van der Waals surface area contributed by atoms with E-state index in [-0.39, 0.29) is 58.5 Å². The van der Waals surface area contributed by atoms with E-state index >= 15 is 0 Å². The number of fused-ring (bicyclic) bond motifs is 3. The summed E-state index contributed by atoms with van der Waals surface area (Å²) in [6, 6.07) is 1.33. The van der Waals surface area contributed by atoms with Gasteiger partial charge in [0.2, 0.25) is 0 Å². The van der Waals surface area contributed by atoms with Crippen LogP contribution in [0.25, 0.3) is 22.2 Å². The molecular formula is C23H25F3N6O2. The Morgan fingerprint density at radius 3 is 2.68 bits per heavy atom. The summed E-state index contributed by atoms with van der Waals surface area (Å²) in [6.07, 6.45) is 2.13. The number of nitrogens with zero attached hydrogens (tertiary/aromatic N) is 5. The van der Waals surface area contributed by atoms with Crippen molar-refractivity contribution in [3.8, 4) is 17.1 Å². The summed E-state index contributed by atoms with van der Waals surface area (Å²) < 4.78 is 44.4. The molecule has 2 aromatic heterocycles. The van der Waals surface area contributed by atoms with E-state index < -0.39 is 23.3 Å². The van der Waals surface area contributed by atoms with Gasteiger partial charge < -0.3 is 19.9 Å². The number of anilines is 1. The number of aromatic nitrogens is 4. The highest BCUT2D eigenvalue weighted by Crippen LogP contribution is 2.40. The van der Waals surface area contributed by atoms with Crippen molar-refractivity contribution >= 4 is 16.6 Å². The topological polar surface area (TPSA) is 96.2 Å². The second-order valence-corrected chi connectivity index (χ2v) is 9.12. The molecule has 2 unspecified atom stereocenters. The van der Waals surface area contributed by atoms with Crippen LogP contribution in [0.4, 0.5) is 19.0 Å². The van der Waals surface area contributed by atoms with Crippen LogP contribution >= 0.6 is 0 Å². The number of rotatable bonds is 4. The van der Waals surface area contributed by atoms with Crippen molar-refractivity contribution in [2.75, 3.05) is 11.9 Å². The summed E-state index contributed by atoms with van der Waals surface area (Å²) in [7, 11) is 1.77. The summed E-state index contributed by atoms with van der Waals surface area (Å²) in [5.74, 6) is -3.07. The second-order valence-electron chi connectivity index (χ2n) is 9.12. The van der Waals surface area contributed by atoms with Crippen LogP contribution in [0.2, 0.25) is 0 Å². The lowest BCUT2D eigenvalue weighted by Gasteiger charge is -2.35. The van der Waals surface area contributed by atoms with Crippen molar-refractivity contribution < 1.29 is 18.3 Å². The number of aromatic hydroxyl groups is 1. The van der Waals surface area contributed by atoms with Crippen molar-refractivity contribution in [1.29, 1.82) is 0 Å². The fourth-order valence-corrected chi connectivity index (χ4v) is 5.20. The Kier molecular flexibility index (Phi) is 5.27. The van der Waals surface area contributed by atoms with Gasteiger partial charge in [0.05, 0.1) is 28.9 Å². The van der Waals surface area contributed by atoms with E-state index in [4.69, 9.17) is 0 Å². The zero-order chi connectivity index (χ0) is 24.4. The normalized spacial score (nSPS) is 23.4. The first kappa shape index (κ1) is 22.6. The molecular weight excluding hydrogens is 449 g/mol. The highest BCUT2D eigenvalue weighted by atomic mass is 19.3. The van der Waals surface area contributed by atoms with Crippen molar-refractivity contribution in [3.63, 3.8) is 0 Å². The Balaban J connectivity index is 1.45. The number of halogens is 3. The first-order valence-corrected chi connectivity index (χ1v) is 11.2. The maximum atomic E-state index is 15.0. The Morgan fingerprint density at radius 1 is 1.26 bits per heavy atom. The molecule has 0 saturated carbocycles. The second kappa shape index (κ2) is 7.93. The standard InChI is InChI=1S/C23H25F3N6O2/c1-4-32-11(2)20(24)14-7-16(17(33)8-15(14)22(32)34)21-27-10-19(29-30-21)31(3)13-5-12-9-23(25,26)18(6-13)28-12/h7-8,10,12-13,18,28,33H,4-6,9H2,1-3H3/t12?,13-,18?/m0/s1. The van der Waals surface area contributed by atoms with E-state index in [1.165, 1.54) is 29.8 Å². The van der Waals surface area contributed by atoms with Crippen molar-refractivity contribution in [1.82, 2.24) is 25.1 Å². The molecule has 2 bridgehead atoms. The van der Waals surface area contributed by atoms with Crippen molar-refractivity contribution in [2.45, 2.75) is 63.7 Å². The number of hydrogen-bond acceptors (Lipinski definition) is 7. The number of benzene rings is 1. The molecule has 2 saturated heterocycles. The largest absolute Gasteiger partial charge is 0.507 e. The van der Waals surface area contributed by atoms with E-state index in [9.17, 15) is 23.1 Å². The maximum absolute atomic E-state index is 15.0. The van der Waals surface area contributed by atoms with E-state index in [1.54, 1.807) is 18.9 Å². The SMILES string of the molecule is CCn1c(C)c(F)c2cc(-c3ncc(N(C)[C@H]4CC5CC(F)(F)C(C4)N5)nn3)c(O)cc2c1=O. The smallest absolute Gasteiger partial charge is 0.264 e. The van der Waals surface area contributed by atoms with Crippen LogP contribution in [0, 0.1) is 12.7 Å². The predicted octanol–water partition coefficient (Wildman–Crippen LogP) is 2.99. The van der Waals surface area contributed by atoms with Gasteiger partial charge in [-0.15, -0.1) is 10.2 Å². The Hall–Kier alpha value is -3.21. The fourth-order valence-electron chi connectivity index (χ4n) is 5.20. The van der Waals surface area contributed by atoms with Gasteiger partial charge in [-0.25, -0.2) is 18.2 Å². The first-order chi connectivity index (χ1) is 16.1. The Morgan fingerprint density at radius 2 is 2.03 bits per heavy atom. The third-order valence-corrected chi connectivity index (χ3v) is 7.12. The van der Waals surface area contributed by atoms with Gasteiger partial charge in [0.15, 0.2) is 11.6 Å². The average Bonchev–Trinajstić information content (AvgIpc) is 3.03. The van der Waals surface area contributed by atoms with Crippen LogP contribution in [0.15, 0.2) is 23.1 Å². The Labute approximate surface area is 193 Å². The average molecular weight is 474 g/mol. The fraction of sp³-hybridized carbons (Fsp3) is 0.478. The van der Waals surface area contributed by atoms with Gasteiger partial charge in [-0.2, -0.15) is 0 Å². The van der Waals surface area contributed by atoms with Crippen LogP contribution < -0.4 is 15.8 Å². The van der Waals surface area contributed by atoms with Crippen LogP contribution in [0.5, 0.6) is 5.75 Å². The molecule has 0 spiro atoms. The molecule has 0 aliphatic carbocycles. The van der Waals surface area contributed by atoms with Gasteiger partial charge in [-0.3, -0.25) is 4.79 Å². The van der Waals surface area contributed by atoms with Gasteiger partial charge in [0.1, 0.15) is 11.6 Å². The Bertz CT molecular complexity index is 1330. The number of piperidine rings is 1. The summed E-state index contributed by atoms with van der Waals surface area (Å²) in [5, 5.41) is 21.9. The van der Waals surface area contributed by atoms with E-state index in [1.807, 2.05) is 0 Å². The molecule has 11 heteroatoms. The molecule has 2 N–H and O–H groups in total. The van der Waals surface area contributed by atoms with Crippen molar-refractivity contribution in [2.24, 2.45) is 0 Å². The van der Waals surface area contributed by atoms with Crippen LogP contribution in [-0.2, 0) is 6.54 Å². The maximum Gasteiger partial charge on any atom is 0.264 e. The molecule has 0 radical (unpaired) electrons. The van der Waals surface area contributed by atoms with E-state index in [0.29, 0.717) is 18.8 Å². The summed E-state index contributed by atoms with van der Waals surface area (Å²) in [6.45, 7) is 3.57. The molecule has 4 heterocycles. The zero-order valence-electron chi connectivity index (χ0n) is 19.0. The first-order valence-electron chi connectivity index (χ1n) is 11.2.